The third-order valence-electron chi connectivity index (χ3n) is 5.11. The molecule has 0 unspecified atom stereocenters. The lowest BCUT2D eigenvalue weighted by Gasteiger charge is -2.40. The summed E-state index contributed by atoms with van der Waals surface area (Å²) in [6, 6.07) is 7.65. The van der Waals surface area contributed by atoms with Gasteiger partial charge in [0.15, 0.2) is 0 Å². The van der Waals surface area contributed by atoms with Crippen LogP contribution in [0.5, 0.6) is 0 Å². The van der Waals surface area contributed by atoms with E-state index in [2.05, 4.69) is 0 Å². The quantitative estimate of drug-likeness (QED) is 0.228. The average molecular weight is 531 g/mol. The van der Waals surface area contributed by atoms with Crippen LogP contribution in [0.15, 0.2) is 48.5 Å². The summed E-state index contributed by atoms with van der Waals surface area (Å²) >= 11 is 6.06. The van der Waals surface area contributed by atoms with Crippen LogP contribution in [0.1, 0.15) is 5.56 Å². The summed E-state index contributed by atoms with van der Waals surface area (Å²) in [5.74, 6) is -37.5. The third kappa shape index (κ3) is 3.22. The van der Waals surface area contributed by atoms with Crippen LogP contribution in [-0.2, 0) is 5.92 Å². The van der Waals surface area contributed by atoms with Gasteiger partial charge in [-0.2, -0.15) is 57.1 Å². The van der Waals surface area contributed by atoms with Crippen molar-refractivity contribution in [2.75, 3.05) is 0 Å². The van der Waals surface area contributed by atoms with E-state index in [9.17, 15) is 48.3 Å². The van der Waals surface area contributed by atoms with E-state index >= 15 is 8.78 Å². The summed E-state index contributed by atoms with van der Waals surface area (Å²) in [6.45, 7) is 0. The number of fused-ring (bicyclic) bond motifs is 2. The Bertz CT molecular complexity index is 1190. The summed E-state index contributed by atoms with van der Waals surface area (Å²) in [5.41, 5.74) is -2.01. The second kappa shape index (κ2) is 7.53. The molecule has 3 rings (SSSR count). The van der Waals surface area contributed by atoms with E-state index < -0.39 is 62.9 Å². The molecule has 0 atom stereocenters. The molecule has 34 heavy (non-hydrogen) atoms. The van der Waals surface area contributed by atoms with Crippen molar-refractivity contribution in [1.82, 2.24) is 0 Å². The van der Waals surface area contributed by atoms with Gasteiger partial charge in [-0.05, 0) is 10.8 Å². The predicted octanol–water partition coefficient (Wildman–Crippen LogP) is 8.84. The first-order chi connectivity index (χ1) is 15.2. The van der Waals surface area contributed by atoms with Crippen LogP contribution in [0.25, 0.3) is 21.5 Å². The third-order valence-corrected chi connectivity index (χ3v) is 5.52. The monoisotopic (exact) mass is 530 g/mol. The van der Waals surface area contributed by atoms with Gasteiger partial charge in [0.1, 0.15) is 0 Å². The van der Waals surface area contributed by atoms with Crippen molar-refractivity contribution in [3.63, 3.8) is 0 Å². The van der Waals surface area contributed by atoms with Gasteiger partial charge in [-0.3, -0.25) is 0 Å². The normalized spacial score (nSPS) is 14.8. The fourth-order valence-electron chi connectivity index (χ4n) is 3.34. The van der Waals surface area contributed by atoms with Crippen LogP contribution >= 0.6 is 11.6 Å². The van der Waals surface area contributed by atoms with Crippen molar-refractivity contribution in [2.24, 2.45) is 0 Å². The molecule has 0 nitrogen and oxygen atoms in total. The molecule has 0 saturated carbocycles. The van der Waals surface area contributed by atoms with Crippen molar-refractivity contribution in [2.45, 2.75) is 35.8 Å². The second-order valence-corrected chi connectivity index (χ2v) is 7.53. The van der Waals surface area contributed by atoms with Gasteiger partial charge in [0.25, 0.3) is 0 Å². The molecular weight excluding hydrogens is 523 g/mol. The smallest absolute Gasteiger partial charge is 0.194 e. The molecule has 3 aromatic carbocycles. The molecule has 0 radical (unpaired) electrons. The molecule has 0 fully saturated rings. The Morgan fingerprint density at radius 3 is 1.12 bits per heavy atom. The maximum Gasteiger partial charge on any atom is 0.460 e. The lowest BCUT2D eigenvalue weighted by atomic mass is 9.85. The Hall–Kier alpha value is -2.44. The van der Waals surface area contributed by atoms with Gasteiger partial charge < -0.3 is 0 Å². The van der Waals surface area contributed by atoms with Crippen LogP contribution < -0.4 is 0 Å². The molecule has 0 bridgehead atoms. The van der Waals surface area contributed by atoms with Gasteiger partial charge in [0.05, 0.1) is 5.02 Å². The van der Waals surface area contributed by atoms with E-state index in [0.29, 0.717) is 12.1 Å². The maximum atomic E-state index is 15.1. The first-order valence-electron chi connectivity index (χ1n) is 8.80. The van der Waals surface area contributed by atoms with Crippen LogP contribution in [0.4, 0.5) is 57.1 Å². The first-order valence-corrected chi connectivity index (χ1v) is 9.18. The minimum absolute atomic E-state index is 0.324. The van der Waals surface area contributed by atoms with Gasteiger partial charge >= 0.3 is 35.8 Å². The summed E-state index contributed by atoms with van der Waals surface area (Å²) in [6.07, 6.45) is -7.47. The van der Waals surface area contributed by atoms with Crippen LogP contribution in [0.3, 0.4) is 0 Å². The molecule has 0 aliphatic rings. The number of rotatable bonds is 5. The van der Waals surface area contributed by atoms with E-state index in [1.807, 2.05) is 0 Å². The first kappa shape index (κ1) is 26.2. The highest BCUT2D eigenvalue weighted by molar-refractivity contribution is 6.41. The fourth-order valence-corrected chi connectivity index (χ4v) is 3.67. The average Bonchev–Trinajstić information content (AvgIpc) is 2.72. The topological polar surface area (TPSA) is 0 Å². The fraction of sp³-hybridized carbons (Fsp3) is 0.300. The molecule has 14 heteroatoms. The van der Waals surface area contributed by atoms with Gasteiger partial charge in [-0.15, -0.1) is 0 Å². The van der Waals surface area contributed by atoms with E-state index in [1.54, 1.807) is 0 Å². The van der Waals surface area contributed by atoms with Crippen molar-refractivity contribution in [3.8, 4) is 0 Å². The molecule has 0 aliphatic heterocycles. The SMILES string of the molecule is FC(F)(F)C(F)(F)C(F)(F)C(F)(F)C(F)(F)C(F)(F)c1c2ccccc2c(Cl)c2ccccc12. The molecule has 0 aliphatic carbocycles. The number of alkyl halides is 13. The van der Waals surface area contributed by atoms with Crippen molar-refractivity contribution >= 4 is 33.1 Å². The molecule has 0 saturated heterocycles. The van der Waals surface area contributed by atoms with Crippen molar-refractivity contribution < 1.29 is 57.1 Å². The zero-order valence-electron chi connectivity index (χ0n) is 15.9. The molecule has 0 amide bonds. The standard InChI is InChI=1S/C20H8ClF13/c21-14-11-7-3-1-5-9(11)13(10-6-2-4-8-12(10)14)15(22,23)16(24,25)17(26,27)18(28,29)19(30,31)20(32,33)34/h1-8H. The zero-order valence-corrected chi connectivity index (χ0v) is 16.7. The van der Waals surface area contributed by atoms with E-state index in [0.717, 1.165) is 24.3 Å². The van der Waals surface area contributed by atoms with E-state index in [1.165, 1.54) is 12.1 Å². The van der Waals surface area contributed by atoms with E-state index in [-0.39, 0.29) is 5.02 Å². The minimum Gasteiger partial charge on any atom is -0.194 e. The maximum absolute atomic E-state index is 15.1. The molecule has 0 heterocycles. The second-order valence-electron chi connectivity index (χ2n) is 7.15. The number of halogens is 14. The summed E-state index contributed by atoms with van der Waals surface area (Å²) in [4.78, 5) is 0. The Morgan fingerprint density at radius 2 is 0.765 bits per heavy atom. The lowest BCUT2D eigenvalue weighted by molar-refractivity contribution is -0.441. The molecular formula is C20H8ClF13. The Kier molecular flexibility index (Phi) is 5.79. The van der Waals surface area contributed by atoms with Gasteiger partial charge in [-0.1, -0.05) is 60.1 Å². The molecule has 0 N–H and O–H groups in total. The largest absolute Gasteiger partial charge is 0.460 e. The zero-order chi connectivity index (χ0) is 26.1. The number of benzene rings is 3. The minimum atomic E-state index is -7.97. The lowest BCUT2D eigenvalue weighted by Crippen LogP contribution is -2.69. The Morgan fingerprint density at radius 1 is 0.441 bits per heavy atom. The molecule has 3 aromatic rings. The highest BCUT2D eigenvalue weighted by Crippen LogP contribution is 2.63. The summed E-state index contributed by atoms with van der Waals surface area (Å²) in [7, 11) is 0. The predicted molar refractivity (Wildman–Crippen MR) is 96.2 cm³/mol. The van der Waals surface area contributed by atoms with Gasteiger partial charge in [0, 0.05) is 16.3 Å². The number of hydrogen-bond acceptors (Lipinski definition) is 0. The molecule has 0 spiro atoms. The van der Waals surface area contributed by atoms with Crippen LogP contribution in [0.2, 0.25) is 5.02 Å². The summed E-state index contributed by atoms with van der Waals surface area (Å²) < 4.78 is 178. The molecule has 0 aromatic heterocycles. The van der Waals surface area contributed by atoms with Gasteiger partial charge in [-0.25, -0.2) is 0 Å². The van der Waals surface area contributed by atoms with Crippen LogP contribution in [0, 0.1) is 0 Å². The van der Waals surface area contributed by atoms with Crippen molar-refractivity contribution in [3.05, 3.63) is 59.1 Å². The van der Waals surface area contributed by atoms with Crippen molar-refractivity contribution in [1.29, 1.82) is 0 Å². The molecule has 186 valence electrons. The van der Waals surface area contributed by atoms with Gasteiger partial charge in [0.2, 0.25) is 0 Å². The Balaban J connectivity index is 2.39. The highest BCUT2D eigenvalue weighted by atomic mass is 35.5. The number of hydrogen-bond donors (Lipinski definition) is 0. The highest BCUT2D eigenvalue weighted by Gasteiger charge is 2.91. The van der Waals surface area contributed by atoms with E-state index in [4.69, 9.17) is 11.6 Å². The van der Waals surface area contributed by atoms with Crippen LogP contribution in [-0.4, -0.2) is 29.9 Å². The Labute approximate surface area is 185 Å². The summed E-state index contributed by atoms with van der Waals surface area (Å²) in [5, 5.41) is -3.07.